The fourth-order valence-corrected chi connectivity index (χ4v) is 4.24. The van der Waals surface area contributed by atoms with Crippen LogP contribution in [0.3, 0.4) is 0 Å². The Labute approximate surface area is 218 Å². The van der Waals surface area contributed by atoms with Crippen molar-refractivity contribution in [3.05, 3.63) is 82.0 Å². The van der Waals surface area contributed by atoms with Gasteiger partial charge in [0, 0.05) is 30.5 Å². The molecule has 7 nitrogen and oxygen atoms in total. The number of aryl methyl sites for hydroxylation is 1. The highest BCUT2D eigenvalue weighted by atomic mass is 35.5. The summed E-state index contributed by atoms with van der Waals surface area (Å²) >= 11 is 11.7. The van der Waals surface area contributed by atoms with Gasteiger partial charge in [0.1, 0.15) is 22.3 Å². The second-order valence-electron chi connectivity index (χ2n) is 8.10. The molecule has 0 unspecified atom stereocenters. The number of hydrazone groups is 1. The number of halogens is 2. The number of rotatable bonds is 10. The molecule has 0 aliphatic heterocycles. The molecule has 0 aliphatic rings. The first-order valence-electron chi connectivity index (χ1n) is 11.4. The molecule has 186 valence electrons. The largest absolute Gasteiger partial charge is 0.483 e. The Bertz CT molecular complexity index is 1450. The maximum atomic E-state index is 13.1. The van der Waals surface area contributed by atoms with Crippen LogP contribution in [0.15, 0.2) is 75.0 Å². The number of nitrogens with zero attached hydrogens (tertiary/aromatic N) is 2. The van der Waals surface area contributed by atoms with E-state index < -0.39 is 5.91 Å². The van der Waals surface area contributed by atoms with Crippen molar-refractivity contribution < 1.29 is 13.9 Å². The van der Waals surface area contributed by atoms with E-state index in [1.165, 1.54) is 6.21 Å². The quantitative estimate of drug-likeness (QED) is 0.135. The zero-order valence-electron chi connectivity index (χ0n) is 19.7. The van der Waals surface area contributed by atoms with Crippen LogP contribution < -0.4 is 20.5 Å². The van der Waals surface area contributed by atoms with Gasteiger partial charge in [-0.2, -0.15) is 5.10 Å². The predicted octanol–water partition coefficient (Wildman–Crippen LogP) is 5.07. The van der Waals surface area contributed by atoms with Crippen LogP contribution in [0, 0.1) is 6.92 Å². The monoisotopic (exact) mass is 525 g/mol. The summed E-state index contributed by atoms with van der Waals surface area (Å²) in [5, 5.41) is 4.75. The number of anilines is 1. The molecule has 1 aromatic heterocycles. The number of carbonyl (C=O) groups is 1. The van der Waals surface area contributed by atoms with Crippen molar-refractivity contribution >= 4 is 62.9 Å². The summed E-state index contributed by atoms with van der Waals surface area (Å²) < 4.78 is 11.6. The SMILES string of the molecule is Cc1cc(OCC(=O)NN=Cc2ccc(N(CCCl)CCCl)cc2)c2c(=O)c3ccccc3oc2c1. The Morgan fingerprint density at radius 3 is 2.50 bits per heavy atom. The van der Waals surface area contributed by atoms with Gasteiger partial charge in [0.2, 0.25) is 5.43 Å². The summed E-state index contributed by atoms with van der Waals surface area (Å²) in [6, 6.07) is 18.2. The Kier molecular flexibility index (Phi) is 8.46. The molecular formula is C27H25Cl2N3O4. The molecule has 36 heavy (non-hydrogen) atoms. The lowest BCUT2D eigenvalue weighted by atomic mass is 10.1. The molecule has 0 spiro atoms. The summed E-state index contributed by atoms with van der Waals surface area (Å²) in [7, 11) is 0. The molecule has 0 atom stereocenters. The predicted molar refractivity (Wildman–Crippen MR) is 146 cm³/mol. The van der Waals surface area contributed by atoms with Crippen LogP contribution >= 0.6 is 23.2 Å². The number of alkyl halides is 2. The number of carbonyl (C=O) groups excluding carboxylic acids is 1. The highest BCUT2D eigenvalue weighted by molar-refractivity contribution is 6.18. The van der Waals surface area contributed by atoms with Gasteiger partial charge >= 0.3 is 0 Å². The molecule has 1 amide bonds. The first-order chi connectivity index (χ1) is 17.5. The van der Waals surface area contributed by atoms with E-state index in [4.69, 9.17) is 32.4 Å². The van der Waals surface area contributed by atoms with Crippen molar-refractivity contribution in [1.82, 2.24) is 5.43 Å². The normalized spacial score (nSPS) is 11.3. The average Bonchev–Trinajstić information content (AvgIpc) is 2.87. The zero-order valence-corrected chi connectivity index (χ0v) is 21.2. The molecule has 9 heteroatoms. The minimum Gasteiger partial charge on any atom is -0.483 e. The number of hydrogen-bond donors (Lipinski definition) is 1. The van der Waals surface area contributed by atoms with E-state index in [0.29, 0.717) is 46.8 Å². The molecule has 3 aromatic carbocycles. The summed E-state index contributed by atoms with van der Waals surface area (Å²) in [6.45, 7) is 2.95. The number of amides is 1. The Hall–Kier alpha value is -3.55. The smallest absolute Gasteiger partial charge is 0.277 e. The van der Waals surface area contributed by atoms with E-state index in [9.17, 15) is 9.59 Å². The lowest BCUT2D eigenvalue weighted by Gasteiger charge is -2.22. The van der Waals surface area contributed by atoms with E-state index in [2.05, 4.69) is 15.4 Å². The van der Waals surface area contributed by atoms with Crippen molar-refractivity contribution in [2.45, 2.75) is 6.92 Å². The summed E-state index contributed by atoms with van der Waals surface area (Å²) in [5.74, 6) is 0.845. The number of benzene rings is 3. The Morgan fingerprint density at radius 1 is 1.06 bits per heavy atom. The van der Waals surface area contributed by atoms with Crippen LogP contribution in [0.1, 0.15) is 11.1 Å². The number of hydrogen-bond acceptors (Lipinski definition) is 6. The highest BCUT2D eigenvalue weighted by Gasteiger charge is 2.14. The molecule has 0 radical (unpaired) electrons. The van der Waals surface area contributed by atoms with Crippen molar-refractivity contribution in [1.29, 1.82) is 0 Å². The molecule has 0 aliphatic carbocycles. The second kappa shape index (κ2) is 11.9. The minimum atomic E-state index is -0.460. The molecule has 4 aromatic rings. The third kappa shape index (κ3) is 5.98. The fraction of sp³-hybridized carbons (Fsp3) is 0.222. The van der Waals surface area contributed by atoms with E-state index >= 15 is 0 Å². The van der Waals surface area contributed by atoms with E-state index in [0.717, 1.165) is 16.8 Å². The minimum absolute atomic E-state index is 0.209. The maximum Gasteiger partial charge on any atom is 0.277 e. The number of fused-ring (bicyclic) bond motifs is 2. The number of para-hydroxylation sites is 1. The van der Waals surface area contributed by atoms with Crippen molar-refractivity contribution in [3.8, 4) is 5.75 Å². The van der Waals surface area contributed by atoms with Crippen LogP contribution in [-0.4, -0.2) is 43.6 Å². The highest BCUT2D eigenvalue weighted by Crippen LogP contribution is 2.28. The van der Waals surface area contributed by atoms with E-state index in [-0.39, 0.29) is 17.8 Å². The van der Waals surface area contributed by atoms with Gasteiger partial charge in [0.25, 0.3) is 5.91 Å². The molecule has 0 saturated carbocycles. The van der Waals surface area contributed by atoms with Crippen LogP contribution in [0.2, 0.25) is 0 Å². The van der Waals surface area contributed by atoms with E-state index in [1.807, 2.05) is 31.2 Å². The van der Waals surface area contributed by atoms with Gasteiger partial charge in [0.05, 0.1) is 11.6 Å². The van der Waals surface area contributed by atoms with Gasteiger partial charge in [0.15, 0.2) is 6.61 Å². The lowest BCUT2D eigenvalue weighted by molar-refractivity contribution is -0.123. The summed E-state index contributed by atoms with van der Waals surface area (Å²) in [4.78, 5) is 27.5. The van der Waals surface area contributed by atoms with Crippen LogP contribution in [0.25, 0.3) is 21.9 Å². The standard InChI is InChI=1S/C27H25Cl2N3O4/c1-18-14-23(26-24(15-18)36-22-5-3-2-4-21(22)27(26)34)35-17-25(33)31-30-16-19-6-8-20(9-7-19)32(12-10-28)13-11-29/h2-9,14-16H,10-13,17H2,1H3,(H,31,33). The van der Waals surface area contributed by atoms with Gasteiger partial charge in [-0.25, -0.2) is 5.43 Å². The van der Waals surface area contributed by atoms with Crippen LogP contribution in [-0.2, 0) is 4.79 Å². The van der Waals surface area contributed by atoms with Crippen LogP contribution in [0.4, 0.5) is 5.69 Å². The lowest BCUT2D eigenvalue weighted by Crippen LogP contribution is -2.27. The number of nitrogens with one attached hydrogen (secondary N) is 1. The van der Waals surface area contributed by atoms with Gasteiger partial charge < -0.3 is 14.1 Å². The molecule has 0 fully saturated rings. The Morgan fingerprint density at radius 2 is 1.78 bits per heavy atom. The van der Waals surface area contributed by atoms with E-state index in [1.54, 1.807) is 36.4 Å². The van der Waals surface area contributed by atoms with Gasteiger partial charge in [-0.1, -0.05) is 24.3 Å². The van der Waals surface area contributed by atoms with Gasteiger partial charge in [-0.15, -0.1) is 23.2 Å². The van der Waals surface area contributed by atoms with Crippen molar-refractivity contribution in [3.63, 3.8) is 0 Å². The van der Waals surface area contributed by atoms with Gasteiger partial charge in [-0.3, -0.25) is 9.59 Å². The molecular weight excluding hydrogens is 501 g/mol. The average molecular weight is 526 g/mol. The third-order valence-electron chi connectivity index (χ3n) is 5.52. The molecule has 0 saturated heterocycles. The molecule has 4 rings (SSSR count). The zero-order chi connectivity index (χ0) is 25.5. The molecule has 1 heterocycles. The van der Waals surface area contributed by atoms with Crippen molar-refractivity contribution in [2.24, 2.45) is 5.10 Å². The van der Waals surface area contributed by atoms with Crippen molar-refractivity contribution in [2.75, 3.05) is 36.4 Å². The first kappa shape index (κ1) is 25.5. The maximum absolute atomic E-state index is 13.1. The first-order valence-corrected chi connectivity index (χ1v) is 12.4. The van der Waals surface area contributed by atoms with Crippen LogP contribution in [0.5, 0.6) is 5.75 Å². The Balaban J connectivity index is 1.41. The topological polar surface area (TPSA) is 84.1 Å². The second-order valence-corrected chi connectivity index (χ2v) is 8.86. The summed E-state index contributed by atoms with van der Waals surface area (Å²) in [6.07, 6.45) is 1.54. The third-order valence-corrected chi connectivity index (χ3v) is 5.86. The summed E-state index contributed by atoms with van der Waals surface area (Å²) in [5.41, 5.74) is 5.80. The molecule has 0 bridgehead atoms. The molecule has 1 N–H and O–H groups in total. The fourth-order valence-electron chi connectivity index (χ4n) is 3.84. The van der Waals surface area contributed by atoms with Gasteiger partial charge in [-0.05, 0) is 54.4 Å². The number of ether oxygens (including phenoxy) is 1.